The van der Waals surface area contributed by atoms with Crippen LogP contribution in [0.2, 0.25) is 0 Å². The van der Waals surface area contributed by atoms with E-state index in [1.165, 1.54) is 43.0 Å². The first-order chi connectivity index (χ1) is 16.0. The lowest BCUT2D eigenvalue weighted by atomic mass is 10.1. The van der Waals surface area contributed by atoms with Gasteiger partial charge in [0.25, 0.3) is 0 Å². The number of carbonyl (C=O) groups is 3. The number of hydrogen-bond donors (Lipinski definition) is 1. The summed E-state index contributed by atoms with van der Waals surface area (Å²) in [4.78, 5) is 40.9. The van der Waals surface area contributed by atoms with Gasteiger partial charge in [0.1, 0.15) is 6.33 Å². The maximum Gasteiger partial charge on any atom is 0.329 e. The van der Waals surface area contributed by atoms with Crippen LogP contribution in [0.25, 0.3) is 0 Å². The number of carbonyl (C=O) groups excluding carboxylic acids is 2. The van der Waals surface area contributed by atoms with Crippen LogP contribution in [0, 0.1) is 0 Å². The Bertz CT molecular complexity index is 648. The molecule has 0 spiro atoms. The van der Waals surface area contributed by atoms with Gasteiger partial charge in [0.05, 0.1) is 6.61 Å². The van der Waals surface area contributed by atoms with Crippen molar-refractivity contribution in [2.45, 2.75) is 103 Å². The van der Waals surface area contributed by atoms with Crippen molar-refractivity contribution in [2.75, 3.05) is 19.7 Å². The fourth-order valence-electron chi connectivity index (χ4n) is 3.66. The molecule has 33 heavy (non-hydrogen) atoms. The van der Waals surface area contributed by atoms with Crippen LogP contribution >= 0.6 is 0 Å². The number of ether oxygens (including phenoxy) is 1. The number of carboxylic acid groups (broad SMARTS) is 1. The maximum atomic E-state index is 12.7. The van der Waals surface area contributed by atoms with E-state index >= 15 is 0 Å². The minimum absolute atomic E-state index is 0.125. The molecular weight excluding hydrogens is 422 g/mol. The molecule has 0 saturated carbocycles. The Morgan fingerprint density at radius 1 is 0.848 bits per heavy atom. The second kappa shape index (κ2) is 19.1. The average Bonchev–Trinajstić information content (AvgIpc) is 3.33. The van der Waals surface area contributed by atoms with Gasteiger partial charge in [-0.05, 0) is 32.1 Å². The molecule has 0 unspecified atom stereocenters. The van der Waals surface area contributed by atoms with Crippen LogP contribution in [-0.2, 0) is 14.3 Å². The lowest BCUT2D eigenvalue weighted by Gasteiger charge is -2.22. The van der Waals surface area contributed by atoms with Crippen molar-refractivity contribution in [3.05, 3.63) is 18.7 Å². The molecule has 1 amide bonds. The highest BCUT2D eigenvalue weighted by Crippen LogP contribution is 2.10. The fraction of sp³-hybridized carbons (Fsp3) is 0.760. The first-order valence-corrected chi connectivity index (χ1v) is 12.7. The molecule has 1 rings (SSSR count). The summed E-state index contributed by atoms with van der Waals surface area (Å²) in [6.45, 7) is 3.91. The number of amides is 1. The highest BCUT2D eigenvalue weighted by Gasteiger charge is 2.14. The molecule has 188 valence electrons. The van der Waals surface area contributed by atoms with Crippen LogP contribution in [0.15, 0.2) is 18.7 Å². The van der Waals surface area contributed by atoms with Gasteiger partial charge >= 0.3 is 18.0 Å². The molecule has 1 aromatic heterocycles. The van der Waals surface area contributed by atoms with E-state index in [1.807, 2.05) is 0 Å². The van der Waals surface area contributed by atoms with Crippen molar-refractivity contribution in [1.29, 1.82) is 0 Å². The van der Waals surface area contributed by atoms with E-state index in [2.05, 4.69) is 11.9 Å². The Labute approximate surface area is 198 Å². The Kier molecular flexibility index (Phi) is 16.6. The summed E-state index contributed by atoms with van der Waals surface area (Å²) in [6.07, 6.45) is 18.2. The van der Waals surface area contributed by atoms with Gasteiger partial charge in [-0.3, -0.25) is 14.2 Å². The minimum Gasteiger partial charge on any atom is -0.481 e. The summed E-state index contributed by atoms with van der Waals surface area (Å²) in [5, 5.41) is 8.74. The van der Waals surface area contributed by atoms with Crippen molar-refractivity contribution < 1.29 is 24.2 Å². The van der Waals surface area contributed by atoms with Crippen molar-refractivity contribution in [3.63, 3.8) is 0 Å². The smallest absolute Gasteiger partial charge is 0.329 e. The topological polar surface area (TPSA) is 102 Å². The summed E-state index contributed by atoms with van der Waals surface area (Å²) in [5.41, 5.74) is 0. The lowest BCUT2D eigenvalue weighted by Crippen LogP contribution is -2.35. The van der Waals surface area contributed by atoms with Crippen molar-refractivity contribution in [3.8, 4) is 0 Å². The third-order valence-corrected chi connectivity index (χ3v) is 5.63. The van der Waals surface area contributed by atoms with Crippen LogP contribution in [0.5, 0.6) is 0 Å². The number of aromatic nitrogens is 2. The fourth-order valence-corrected chi connectivity index (χ4v) is 3.66. The van der Waals surface area contributed by atoms with Gasteiger partial charge in [0.15, 0.2) is 0 Å². The Morgan fingerprint density at radius 2 is 1.45 bits per heavy atom. The number of rotatable bonds is 20. The standard InChI is InChI=1S/C25H43N3O5/c1-2-3-4-5-6-7-14-21-33-24(31)16-11-9-13-19-27(18-12-8-10-15-23(29)30)25(32)28-20-17-26-22-28/h17,20,22H,2-16,18-19,21H2,1H3,(H,29,30). The monoisotopic (exact) mass is 465 g/mol. The molecule has 0 aliphatic rings. The molecule has 0 atom stereocenters. The summed E-state index contributed by atoms with van der Waals surface area (Å²) >= 11 is 0. The molecule has 1 N–H and O–H groups in total. The van der Waals surface area contributed by atoms with E-state index in [4.69, 9.17) is 9.84 Å². The molecule has 0 bridgehead atoms. The molecular formula is C25H43N3O5. The SMILES string of the molecule is CCCCCCCCCOC(=O)CCCCCN(CCCCCC(=O)O)C(=O)n1ccnc1. The number of esters is 1. The molecule has 1 aromatic rings. The average molecular weight is 466 g/mol. The first kappa shape index (κ1) is 28.7. The van der Waals surface area contributed by atoms with Crippen LogP contribution in [-0.4, -0.2) is 57.2 Å². The Hall–Kier alpha value is -2.38. The summed E-state index contributed by atoms with van der Waals surface area (Å²) < 4.78 is 6.78. The number of hydrogen-bond acceptors (Lipinski definition) is 5. The predicted octanol–water partition coefficient (Wildman–Crippen LogP) is 5.65. The Balaban J connectivity index is 2.17. The molecule has 1 heterocycles. The second-order valence-electron chi connectivity index (χ2n) is 8.60. The van der Waals surface area contributed by atoms with E-state index in [1.54, 1.807) is 17.3 Å². The molecule has 0 aliphatic heterocycles. The van der Waals surface area contributed by atoms with Gasteiger partial charge in [-0.15, -0.1) is 0 Å². The molecule has 0 aromatic carbocycles. The zero-order chi connectivity index (χ0) is 24.2. The number of aliphatic carboxylic acids is 1. The summed E-state index contributed by atoms with van der Waals surface area (Å²) in [6, 6.07) is -0.125. The maximum absolute atomic E-state index is 12.7. The molecule has 0 saturated heterocycles. The highest BCUT2D eigenvalue weighted by molar-refractivity contribution is 5.76. The van der Waals surface area contributed by atoms with Crippen molar-refractivity contribution >= 4 is 18.0 Å². The minimum atomic E-state index is -0.790. The van der Waals surface area contributed by atoms with E-state index in [0.717, 1.165) is 44.9 Å². The summed E-state index contributed by atoms with van der Waals surface area (Å²) in [7, 11) is 0. The lowest BCUT2D eigenvalue weighted by molar-refractivity contribution is -0.144. The molecule has 0 aliphatic carbocycles. The molecule has 0 fully saturated rings. The van der Waals surface area contributed by atoms with Gasteiger partial charge in [0, 0.05) is 38.3 Å². The third-order valence-electron chi connectivity index (χ3n) is 5.63. The van der Waals surface area contributed by atoms with E-state index < -0.39 is 5.97 Å². The third kappa shape index (κ3) is 15.1. The molecule has 0 radical (unpaired) electrons. The van der Waals surface area contributed by atoms with Crippen molar-refractivity contribution in [2.24, 2.45) is 0 Å². The highest BCUT2D eigenvalue weighted by atomic mass is 16.5. The largest absolute Gasteiger partial charge is 0.481 e. The van der Waals surface area contributed by atoms with Crippen LogP contribution < -0.4 is 0 Å². The molecule has 8 nitrogen and oxygen atoms in total. The van der Waals surface area contributed by atoms with E-state index in [0.29, 0.717) is 32.5 Å². The normalized spacial score (nSPS) is 10.8. The molecule has 8 heteroatoms. The quantitative estimate of drug-likeness (QED) is 0.197. The van der Waals surface area contributed by atoms with Gasteiger partial charge in [-0.2, -0.15) is 0 Å². The van der Waals surface area contributed by atoms with Crippen LogP contribution in [0.4, 0.5) is 4.79 Å². The second-order valence-corrected chi connectivity index (χ2v) is 8.60. The van der Waals surface area contributed by atoms with Gasteiger partial charge < -0.3 is 14.7 Å². The number of carboxylic acids is 1. The van der Waals surface area contributed by atoms with Gasteiger partial charge in [-0.1, -0.05) is 58.3 Å². The predicted molar refractivity (Wildman–Crippen MR) is 128 cm³/mol. The zero-order valence-corrected chi connectivity index (χ0v) is 20.4. The number of imidazole rings is 1. The first-order valence-electron chi connectivity index (χ1n) is 12.7. The van der Waals surface area contributed by atoms with Crippen LogP contribution in [0.1, 0.15) is 103 Å². The van der Waals surface area contributed by atoms with Crippen LogP contribution in [0.3, 0.4) is 0 Å². The van der Waals surface area contributed by atoms with E-state index in [9.17, 15) is 14.4 Å². The van der Waals surface area contributed by atoms with Gasteiger partial charge in [-0.25, -0.2) is 9.78 Å². The number of unbranched alkanes of at least 4 members (excludes halogenated alkanes) is 10. The van der Waals surface area contributed by atoms with Gasteiger partial charge in [0.2, 0.25) is 0 Å². The zero-order valence-electron chi connectivity index (χ0n) is 20.4. The summed E-state index contributed by atoms with van der Waals surface area (Å²) in [5.74, 6) is -0.923. The Morgan fingerprint density at radius 3 is 2.06 bits per heavy atom. The van der Waals surface area contributed by atoms with E-state index in [-0.39, 0.29) is 18.4 Å². The number of nitrogens with zero attached hydrogens (tertiary/aromatic N) is 3. The van der Waals surface area contributed by atoms with Crippen molar-refractivity contribution in [1.82, 2.24) is 14.5 Å².